The van der Waals surface area contributed by atoms with Gasteiger partial charge in [0, 0.05) is 39.1 Å². The van der Waals surface area contributed by atoms with Crippen molar-refractivity contribution >= 4 is 11.0 Å². The van der Waals surface area contributed by atoms with E-state index in [0.717, 1.165) is 43.7 Å². The van der Waals surface area contributed by atoms with Crippen LogP contribution in [-0.4, -0.2) is 65.7 Å². The van der Waals surface area contributed by atoms with E-state index in [2.05, 4.69) is 45.7 Å². The molecule has 0 radical (unpaired) electrons. The first-order chi connectivity index (χ1) is 14.8. The van der Waals surface area contributed by atoms with Crippen LogP contribution in [0.4, 0.5) is 0 Å². The molecule has 2 aromatic carbocycles. The third kappa shape index (κ3) is 5.61. The molecule has 1 aromatic heterocycles. The van der Waals surface area contributed by atoms with Gasteiger partial charge in [0.2, 0.25) is 0 Å². The largest absolute Gasteiger partial charge is 0.494 e. The number of fused-ring (bicyclic) bond motifs is 1. The van der Waals surface area contributed by atoms with Crippen molar-refractivity contribution in [2.75, 3.05) is 46.4 Å². The minimum Gasteiger partial charge on any atom is -0.494 e. The Morgan fingerprint density at radius 2 is 1.60 bits per heavy atom. The minimum atomic E-state index is 0.759. The number of benzene rings is 2. The van der Waals surface area contributed by atoms with Gasteiger partial charge in [-0.25, -0.2) is 4.98 Å². The molecule has 0 aliphatic carbocycles. The highest BCUT2D eigenvalue weighted by Crippen LogP contribution is 2.19. The SMILES string of the molecule is CN1CCN(CCCc2nc3ccccc3n2CCCCOc2ccccc2)CC1. The maximum Gasteiger partial charge on any atom is 0.119 e. The van der Waals surface area contributed by atoms with Crippen molar-refractivity contribution in [2.45, 2.75) is 32.2 Å². The van der Waals surface area contributed by atoms with Crippen LogP contribution in [0.3, 0.4) is 0 Å². The normalized spacial score (nSPS) is 15.6. The van der Waals surface area contributed by atoms with Gasteiger partial charge in [0.05, 0.1) is 17.6 Å². The lowest BCUT2D eigenvalue weighted by Crippen LogP contribution is -2.44. The maximum atomic E-state index is 5.85. The molecule has 1 saturated heterocycles. The first-order valence-electron chi connectivity index (χ1n) is 11.3. The number of imidazole rings is 1. The van der Waals surface area contributed by atoms with Crippen LogP contribution < -0.4 is 4.74 Å². The molecule has 0 spiro atoms. The second kappa shape index (κ2) is 10.6. The summed E-state index contributed by atoms with van der Waals surface area (Å²) in [5.41, 5.74) is 2.38. The lowest BCUT2D eigenvalue weighted by Gasteiger charge is -2.32. The first kappa shape index (κ1) is 20.9. The fraction of sp³-hybridized carbons (Fsp3) is 0.480. The van der Waals surface area contributed by atoms with Crippen molar-refractivity contribution < 1.29 is 4.74 Å². The number of ether oxygens (including phenoxy) is 1. The Hall–Kier alpha value is -2.37. The Bertz CT molecular complexity index is 900. The second-order valence-corrected chi connectivity index (χ2v) is 8.29. The molecule has 1 fully saturated rings. The molecule has 5 heteroatoms. The summed E-state index contributed by atoms with van der Waals surface area (Å²) in [5.74, 6) is 2.18. The van der Waals surface area contributed by atoms with Crippen molar-refractivity contribution in [3.8, 4) is 5.75 Å². The Labute approximate surface area is 180 Å². The van der Waals surface area contributed by atoms with Crippen LogP contribution in [-0.2, 0) is 13.0 Å². The van der Waals surface area contributed by atoms with Gasteiger partial charge in [0.25, 0.3) is 0 Å². The van der Waals surface area contributed by atoms with Crippen molar-refractivity contribution in [3.63, 3.8) is 0 Å². The molecular weight excluding hydrogens is 372 g/mol. The summed E-state index contributed by atoms with van der Waals surface area (Å²) in [6, 6.07) is 18.6. The van der Waals surface area contributed by atoms with Gasteiger partial charge in [-0.15, -0.1) is 0 Å². The third-order valence-corrected chi connectivity index (χ3v) is 5.99. The number of aromatic nitrogens is 2. The lowest BCUT2D eigenvalue weighted by atomic mass is 10.2. The number of nitrogens with zero attached hydrogens (tertiary/aromatic N) is 4. The lowest BCUT2D eigenvalue weighted by molar-refractivity contribution is 0.152. The van der Waals surface area contributed by atoms with Crippen LogP contribution in [0, 0.1) is 0 Å². The molecule has 5 nitrogen and oxygen atoms in total. The second-order valence-electron chi connectivity index (χ2n) is 8.29. The molecule has 0 amide bonds. The standard InChI is InChI=1S/C25H34N4O/c1-27-17-19-28(20-18-27)15-9-14-25-26-23-12-5-6-13-24(23)29(25)16-7-8-21-30-22-10-3-2-4-11-22/h2-6,10-13H,7-9,14-21H2,1H3. The molecule has 0 unspecified atom stereocenters. The minimum absolute atomic E-state index is 0.759. The highest BCUT2D eigenvalue weighted by atomic mass is 16.5. The van der Waals surface area contributed by atoms with E-state index in [-0.39, 0.29) is 0 Å². The fourth-order valence-electron chi connectivity index (χ4n) is 4.18. The molecule has 2 heterocycles. The Balaban J connectivity index is 1.30. The van der Waals surface area contributed by atoms with Gasteiger partial charge in [-0.2, -0.15) is 0 Å². The average Bonchev–Trinajstić information content (AvgIpc) is 3.13. The number of likely N-dealkylation sites (N-methyl/N-ethyl adjacent to an activating group) is 1. The number of piperazine rings is 1. The highest BCUT2D eigenvalue weighted by Gasteiger charge is 2.14. The molecular formula is C25H34N4O. The van der Waals surface area contributed by atoms with Gasteiger partial charge < -0.3 is 19.1 Å². The van der Waals surface area contributed by atoms with Gasteiger partial charge >= 0.3 is 0 Å². The average molecular weight is 407 g/mol. The molecule has 3 aromatic rings. The fourth-order valence-corrected chi connectivity index (χ4v) is 4.18. The van der Waals surface area contributed by atoms with Gasteiger partial charge in [-0.1, -0.05) is 30.3 Å². The zero-order chi connectivity index (χ0) is 20.6. The predicted molar refractivity (Wildman–Crippen MR) is 123 cm³/mol. The zero-order valence-corrected chi connectivity index (χ0v) is 18.2. The van der Waals surface area contributed by atoms with Crippen LogP contribution in [0.25, 0.3) is 11.0 Å². The van der Waals surface area contributed by atoms with Crippen LogP contribution in [0.15, 0.2) is 54.6 Å². The highest BCUT2D eigenvalue weighted by molar-refractivity contribution is 5.75. The van der Waals surface area contributed by atoms with Crippen LogP contribution in [0.5, 0.6) is 5.75 Å². The summed E-state index contributed by atoms with van der Waals surface area (Å²) in [6.45, 7) is 7.68. The first-order valence-corrected chi connectivity index (χ1v) is 11.3. The molecule has 160 valence electrons. The molecule has 4 rings (SSSR count). The van der Waals surface area contributed by atoms with E-state index in [1.165, 1.54) is 50.5 Å². The van der Waals surface area contributed by atoms with E-state index >= 15 is 0 Å². The number of rotatable bonds is 10. The number of hydrogen-bond donors (Lipinski definition) is 0. The van der Waals surface area contributed by atoms with E-state index in [1.54, 1.807) is 0 Å². The third-order valence-electron chi connectivity index (χ3n) is 5.99. The molecule has 0 bridgehead atoms. The summed E-state index contributed by atoms with van der Waals surface area (Å²) in [6.07, 6.45) is 4.35. The maximum absolute atomic E-state index is 5.85. The number of aryl methyl sites for hydroxylation is 2. The number of para-hydroxylation sites is 3. The van der Waals surface area contributed by atoms with Crippen molar-refractivity contribution in [3.05, 3.63) is 60.4 Å². The molecule has 1 aliphatic heterocycles. The Morgan fingerprint density at radius 1 is 0.833 bits per heavy atom. The van der Waals surface area contributed by atoms with Gasteiger partial charge in [0.15, 0.2) is 0 Å². The topological polar surface area (TPSA) is 33.5 Å². The Morgan fingerprint density at radius 3 is 2.43 bits per heavy atom. The van der Waals surface area contributed by atoms with E-state index in [4.69, 9.17) is 9.72 Å². The van der Waals surface area contributed by atoms with Crippen LogP contribution >= 0.6 is 0 Å². The predicted octanol–water partition coefficient (Wildman–Crippen LogP) is 4.08. The van der Waals surface area contributed by atoms with Crippen LogP contribution in [0.2, 0.25) is 0 Å². The van der Waals surface area contributed by atoms with E-state index in [9.17, 15) is 0 Å². The van der Waals surface area contributed by atoms with Gasteiger partial charge in [-0.3, -0.25) is 0 Å². The summed E-state index contributed by atoms with van der Waals surface area (Å²) in [7, 11) is 2.21. The number of unbranched alkanes of at least 4 members (excludes halogenated alkanes) is 1. The van der Waals surface area contributed by atoms with Crippen molar-refractivity contribution in [2.24, 2.45) is 0 Å². The van der Waals surface area contributed by atoms with Gasteiger partial charge in [-0.05, 0) is 57.1 Å². The summed E-state index contributed by atoms with van der Waals surface area (Å²) < 4.78 is 8.28. The monoisotopic (exact) mass is 406 g/mol. The summed E-state index contributed by atoms with van der Waals surface area (Å²) in [5, 5.41) is 0. The molecule has 0 saturated carbocycles. The molecule has 30 heavy (non-hydrogen) atoms. The smallest absolute Gasteiger partial charge is 0.119 e. The van der Waals surface area contributed by atoms with Gasteiger partial charge in [0.1, 0.15) is 11.6 Å². The molecule has 1 aliphatic rings. The van der Waals surface area contributed by atoms with E-state index < -0.39 is 0 Å². The number of hydrogen-bond acceptors (Lipinski definition) is 4. The summed E-state index contributed by atoms with van der Waals surface area (Å²) >= 11 is 0. The molecule has 0 N–H and O–H groups in total. The van der Waals surface area contributed by atoms with Crippen LogP contribution in [0.1, 0.15) is 25.1 Å². The molecule has 0 atom stereocenters. The summed E-state index contributed by atoms with van der Waals surface area (Å²) in [4.78, 5) is 9.96. The van der Waals surface area contributed by atoms with E-state index in [0.29, 0.717) is 0 Å². The van der Waals surface area contributed by atoms with E-state index in [1.807, 2.05) is 30.3 Å². The Kier molecular flexibility index (Phi) is 7.38. The zero-order valence-electron chi connectivity index (χ0n) is 18.2. The van der Waals surface area contributed by atoms with Crippen molar-refractivity contribution in [1.82, 2.24) is 19.4 Å². The quantitative estimate of drug-likeness (QED) is 0.475. The van der Waals surface area contributed by atoms with Crippen molar-refractivity contribution in [1.29, 1.82) is 0 Å².